The minimum absolute atomic E-state index is 0.220. The van der Waals surface area contributed by atoms with E-state index < -0.39 is 0 Å². The molecule has 2 N–H and O–H groups in total. The summed E-state index contributed by atoms with van der Waals surface area (Å²) in [5.74, 6) is 0.695. The summed E-state index contributed by atoms with van der Waals surface area (Å²) in [7, 11) is 0. The number of aromatic amines is 1. The summed E-state index contributed by atoms with van der Waals surface area (Å²) in [6, 6.07) is 0.276. The second-order valence-electron chi connectivity index (χ2n) is 3.28. The molecular formula is C7H13N5O. The molecule has 2 heterocycles. The van der Waals surface area contributed by atoms with Crippen LogP contribution in [-0.4, -0.2) is 49.8 Å². The normalized spacial score (nSPS) is 23.9. The van der Waals surface area contributed by atoms with Crippen molar-refractivity contribution in [2.24, 2.45) is 0 Å². The Bertz CT molecular complexity index is 249. The lowest BCUT2D eigenvalue weighted by molar-refractivity contribution is 0.151. The molecule has 0 aliphatic carbocycles. The molecule has 13 heavy (non-hydrogen) atoms. The second-order valence-corrected chi connectivity index (χ2v) is 3.28. The first-order chi connectivity index (χ1) is 6.40. The van der Waals surface area contributed by atoms with Crippen LogP contribution >= 0.6 is 0 Å². The number of nitrogens with zero attached hydrogens (tertiary/aromatic N) is 4. The van der Waals surface area contributed by atoms with Crippen molar-refractivity contribution >= 4 is 0 Å². The van der Waals surface area contributed by atoms with Crippen molar-refractivity contribution in [2.75, 3.05) is 13.2 Å². The first-order valence-corrected chi connectivity index (χ1v) is 4.47. The zero-order valence-corrected chi connectivity index (χ0v) is 7.35. The summed E-state index contributed by atoms with van der Waals surface area (Å²) in [5.41, 5.74) is 0. The molecule has 0 unspecified atom stereocenters. The fourth-order valence-electron chi connectivity index (χ4n) is 1.74. The van der Waals surface area contributed by atoms with Crippen LogP contribution < -0.4 is 0 Å². The smallest absolute Gasteiger partial charge is 0.188 e. The monoisotopic (exact) mass is 183 g/mol. The van der Waals surface area contributed by atoms with E-state index in [0.29, 0.717) is 12.4 Å². The Hall–Kier alpha value is -1.01. The molecule has 1 fully saturated rings. The molecule has 0 amide bonds. The molecule has 72 valence electrons. The van der Waals surface area contributed by atoms with Gasteiger partial charge in [0.25, 0.3) is 0 Å². The Labute approximate surface area is 75.9 Å². The van der Waals surface area contributed by atoms with Crippen LogP contribution in [0, 0.1) is 0 Å². The van der Waals surface area contributed by atoms with Gasteiger partial charge in [0.15, 0.2) is 5.82 Å². The summed E-state index contributed by atoms with van der Waals surface area (Å²) >= 11 is 0. The molecule has 1 atom stereocenters. The zero-order chi connectivity index (χ0) is 9.10. The highest BCUT2D eigenvalue weighted by Gasteiger charge is 2.24. The van der Waals surface area contributed by atoms with Gasteiger partial charge in [-0.15, -0.1) is 10.2 Å². The maximum absolute atomic E-state index is 9.06. The highest BCUT2D eigenvalue weighted by molar-refractivity contribution is 4.84. The number of hydrogen-bond acceptors (Lipinski definition) is 5. The van der Waals surface area contributed by atoms with E-state index in [2.05, 4.69) is 25.5 Å². The van der Waals surface area contributed by atoms with Crippen LogP contribution in [0.5, 0.6) is 0 Å². The van der Waals surface area contributed by atoms with E-state index in [0.717, 1.165) is 19.4 Å². The van der Waals surface area contributed by atoms with Crippen LogP contribution in [0.1, 0.15) is 18.7 Å². The predicted molar refractivity (Wildman–Crippen MR) is 44.7 cm³/mol. The Morgan fingerprint density at radius 1 is 1.62 bits per heavy atom. The van der Waals surface area contributed by atoms with Gasteiger partial charge < -0.3 is 5.11 Å². The lowest BCUT2D eigenvalue weighted by Gasteiger charge is -2.20. The van der Waals surface area contributed by atoms with E-state index in [9.17, 15) is 0 Å². The summed E-state index contributed by atoms with van der Waals surface area (Å²) < 4.78 is 0. The van der Waals surface area contributed by atoms with E-state index in [1.807, 2.05) is 0 Å². The Morgan fingerprint density at radius 3 is 3.23 bits per heavy atom. The second kappa shape index (κ2) is 3.80. The van der Waals surface area contributed by atoms with Gasteiger partial charge in [0, 0.05) is 6.04 Å². The quantitative estimate of drug-likeness (QED) is 0.638. The number of rotatable bonds is 3. The van der Waals surface area contributed by atoms with E-state index in [-0.39, 0.29) is 12.6 Å². The third-order valence-corrected chi connectivity index (χ3v) is 2.44. The lowest BCUT2D eigenvalue weighted by atomic mass is 10.2. The number of nitrogens with one attached hydrogen (secondary N) is 1. The van der Waals surface area contributed by atoms with Crippen molar-refractivity contribution in [3.05, 3.63) is 5.82 Å². The van der Waals surface area contributed by atoms with Crippen molar-refractivity contribution in [2.45, 2.75) is 25.4 Å². The van der Waals surface area contributed by atoms with Crippen LogP contribution in [-0.2, 0) is 6.54 Å². The highest BCUT2D eigenvalue weighted by Crippen LogP contribution is 2.17. The van der Waals surface area contributed by atoms with Gasteiger partial charge in [0.1, 0.15) is 0 Å². The van der Waals surface area contributed by atoms with Crippen molar-refractivity contribution in [1.29, 1.82) is 0 Å². The van der Waals surface area contributed by atoms with Gasteiger partial charge in [-0.3, -0.25) is 4.90 Å². The number of H-pyrrole nitrogens is 1. The summed E-state index contributed by atoms with van der Waals surface area (Å²) in [4.78, 5) is 2.19. The molecule has 1 aromatic rings. The number of hydrogen-bond donors (Lipinski definition) is 2. The maximum atomic E-state index is 9.06. The van der Waals surface area contributed by atoms with E-state index >= 15 is 0 Å². The first kappa shape index (κ1) is 8.58. The third-order valence-electron chi connectivity index (χ3n) is 2.44. The predicted octanol–water partition coefficient (Wildman–Crippen LogP) is -0.844. The van der Waals surface area contributed by atoms with Crippen LogP contribution in [0.4, 0.5) is 0 Å². The Kier molecular flexibility index (Phi) is 2.51. The van der Waals surface area contributed by atoms with Gasteiger partial charge in [-0.05, 0) is 19.4 Å². The van der Waals surface area contributed by atoms with Gasteiger partial charge in [0.2, 0.25) is 0 Å². The fraction of sp³-hybridized carbons (Fsp3) is 0.857. The number of tetrazole rings is 1. The molecular weight excluding hydrogens is 170 g/mol. The molecule has 1 aliphatic rings. The minimum Gasteiger partial charge on any atom is -0.395 e. The zero-order valence-electron chi connectivity index (χ0n) is 7.35. The van der Waals surface area contributed by atoms with Crippen LogP contribution in [0.25, 0.3) is 0 Å². The molecule has 0 bridgehead atoms. The number of aromatic nitrogens is 4. The lowest BCUT2D eigenvalue weighted by Crippen LogP contribution is -2.32. The van der Waals surface area contributed by atoms with Crippen molar-refractivity contribution < 1.29 is 5.11 Å². The van der Waals surface area contributed by atoms with Gasteiger partial charge in [-0.25, -0.2) is 0 Å². The largest absolute Gasteiger partial charge is 0.395 e. The molecule has 6 heteroatoms. The maximum Gasteiger partial charge on any atom is 0.188 e. The molecule has 6 nitrogen and oxygen atoms in total. The number of aliphatic hydroxyl groups is 1. The summed E-state index contributed by atoms with van der Waals surface area (Å²) in [6.07, 6.45) is 2.21. The topological polar surface area (TPSA) is 77.9 Å². The average molecular weight is 183 g/mol. The van der Waals surface area contributed by atoms with Crippen molar-refractivity contribution in [3.8, 4) is 0 Å². The summed E-state index contributed by atoms with van der Waals surface area (Å²) in [5, 5.41) is 22.7. The van der Waals surface area contributed by atoms with Gasteiger partial charge >= 0.3 is 0 Å². The molecule has 0 saturated carbocycles. The van der Waals surface area contributed by atoms with Crippen LogP contribution in [0.3, 0.4) is 0 Å². The third kappa shape index (κ3) is 1.84. The van der Waals surface area contributed by atoms with Crippen molar-refractivity contribution in [3.63, 3.8) is 0 Å². The molecule has 1 aromatic heterocycles. The van der Waals surface area contributed by atoms with E-state index in [1.54, 1.807) is 0 Å². The highest BCUT2D eigenvalue weighted by atomic mass is 16.3. The van der Waals surface area contributed by atoms with E-state index in [1.165, 1.54) is 0 Å². The number of aliphatic hydroxyl groups excluding tert-OH is 1. The SMILES string of the molecule is OC[C@@H]1CCCN1Cc1nn[nH]n1. The van der Waals surface area contributed by atoms with Crippen molar-refractivity contribution in [1.82, 2.24) is 25.5 Å². The van der Waals surface area contributed by atoms with Gasteiger partial charge in [-0.2, -0.15) is 5.21 Å². The van der Waals surface area contributed by atoms with Crippen LogP contribution in [0.15, 0.2) is 0 Å². The minimum atomic E-state index is 0.220. The molecule has 1 aliphatic heterocycles. The molecule has 1 saturated heterocycles. The average Bonchev–Trinajstić information content (AvgIpc) is 2.76. The molecule has 0 spiro atoms. The Balaban J connectivity index is 1.94. The molecule has 0 radical (unpaired) electrons. The van der Waals surface area contributed by atoms with Crippen LogP contribution in [0.2, 0.25) is 0 Å². The van der Waals surface area contributed by atoms with Gasteiger partial charge in [0.05, 0.1) is 13.2 Å². The number of likely N-dealkylation sites (tertiary alicyclic amines) is 1. The van der Waals surface area contributed by atoms with E-state index in [4.69, 9.17) is 5.11 Å². The van der Waals surface area contributed by atoms with Gasteiger partial charge in [-0.1, -0.05) is 5.21 Å². The molecule has 0 aromatic carbocycles. The molecule has 2 rings (SSSR count). The Morgan fingerprint density at radius 2 is 2.54 bits per heavy atom. The standard InChI is InChI=1S/C7H13N5O/c13-5-6-2-1-3-12(6)4-7-8-10-11-9-7/h6,13H,1-5H2,(H,8,9,10,11)/t6-/m0/s1. The fourth-order valence-corrected chi connectivity index (χ4v) is 1.74. The first-order valence-electron chi connectivity index (χ1n) is 4.47. The summed E-state index contributed by atoms with van der Waals surface area (Å²) in [6.45, 7) is 1.92.